The molecule has 8 heteroatoms. The molecule has 2 amide bonds. The summed E-state index contributed by atoms with van der Waals surface area (Å²) >= 11 is 6.22. The third-order valence-corrected chi connectivity index (χ3v) is 6.13. The van der Waals surface area contributed by atoms with Gasteiger partial charge in [0.15, 0.2) is 0 Å². The van der Waals surface area contributed by atoms with Crippen LogP contribution < -0.4 is 10.6 Å². The Balaban J connectivity index is 1.39. The zero-order valence-electron chi connectivity index (χ0n) is 18.6. The van der Waals surface area contributed by atoms with Crippen molar-refractivity contribution in [2.24, 2.45) is 0 Å². The van der Waals surface area contributed by atoms with E-state index in [1.165, 1.54) is 0 Å². The number of rotatable bonds is 7. The fourth-order valence-corrected chi connectivity index (χ4v) is 4.21. The van der Waals surface area contributed by atoms with E-state index >= 15 is 0 Å². The van der Waals surface area contributed by atoms with Crippen LogP contribution in [0, 0.1) is 0 Å². The van der Waals surface area contributed by atoms with Gasteiger partial charge in [-0.2, -0.15) is 5.10 Å². The van der Waals surface area contributed by atoms with Gasteiger partial charge in [-0.3, -0.25) is 14.7 Å². The maximum absolute atomic E-state index is 13.4. The smallest absolute Gasteiger partial charge is 0.253 e. The predicted octanol–water partition coefficient (Wildman–Crippen LogP) is 5.19. The van der Waals surface area contributed by atoms with Gasteiger partial charge in [-0.1, -0.05) is 54.1 Å². The maximum Gasteiger partial charge on any atom is 0.253 e. The van der Waals surface area contributed by atoms with Crippen LogP contribution in [0.1, 0.15) is 15.9 Å². The summed E-state index contributed by atoms with van der Waals surface area (Å²) < 4.78 is 0. The van der Waals surface area contributed by atoms with Crippen LogP contribution in [0.4, 0.5) is 5.69 Å². The zero-order chi connectivity index (χ0) is 24.2. The molecule has 0 spiro atoms. The van der Waals surface area contributed by atoms with Crippen LogP contribution in [0.3, 0.4) is 0 Å². The summed E-state index contributed by atoms with van der Waals surface area (Å²) in [6, 6.07) is 23.0. The summed E-state index contributed by atoms with van der Waals surface area (Å²) in [7, 11) is 0. The molecule has 0 fully saturated rings. The lowest BCUT2D eigenvalue weighted by Gasteiger charge is -2.19. The van der Waals surface area contributed by atoms with Crippen molar-refractivity contribution in [3.63, 3.8) is 0 Å². The van der Waals surface area contributed by atoms with Crippen molar-refractivity contribution in [1.82, 2.24) is 20.5 Å². The number of halogens is 1. The van der Waals surface area contributed by atoms with Crippen molar-refractivity contribution in [2.45, 2.75) is 12.5 Å². The average molecular weight is 484 g/mol. The van der Waals surface area contributed by atoms with Crippen molar-refractivity contribution >= 4 is 40.0 Å². The standard InChI is InChI=1S/C27H22ClN5O2/c28-22-7-3-1-6-21(22)26(34)32-25(15-18-16-29-24-8-4-2-5-20(18)24)27(35)31-19-11-9-17(10-12-19)23-13-14-30-33-23/h1-14,16,25,29H,15H2,(H,30,33)(H,31,35)(H,32,34). The number of fused-ring (bicyclic) bond motifs is 1. The van der Waals surface area contributed by atoms with Crippen molar-refractivity contribution in [1.29, 1.82) is 0 Å². The largest absolute Gasteiger partial charge is 0.361 e. The lowest BCUT2D eigenvalue weighted by molar-refractivity contribution is -0.118. The molecule has 5 aromatic rings. The minimum absolute atomic E-state index is 0.304. The molecule has 4 N–H and O–H groups in total. The van der Waals surface area contributed by atoms with Gasteiger partial charge in [0.2, 0.25) is 5.91 Å². The Labute approximate surface area is 206 Å². The van der Waals surface area contributed by atoms with Gasteiger partial charge in [-0.05, 0) is 47.5 Å². The van der Waals surface area contributed by atoms with E-state index in [4.69, 9.17) is 11.6 Å². The van der Waals surface area contributed by atoms with Crippen molar-refractivity contribution in [2.75, 3.05) is 5.32 Å². The molecule has 2 heterocycles. The number of benzene rings is 3. The quantitative estimate of drug-likeness (QED) is 0.256. The highest BCUT2D eigenvalue weighted by Gasteiger charge is 2.24. The molecule has 0 aliphatic carbocycles. The lowest BCUT2D eigenvalue weighted by atomic mass is 10.0. The molecule has 174 valence electrons. The molecule has 3 aromatic carbocycles. The molecule has 35 heavy (non-hydrogen) atoms. The molecule has 1 atom stereocenters. The first-order valence-corrected chi connectivity index (χ1v) is 11.5. The number of H-pyrrole nitrogens is 2. The van der Waals surface area contributed by atoms with E-state index in [0.29, 0.717) is 22.7 Å². The maximum atomic E-state index is 13.4. The first-order chi connectivity index (χ1) is 17.1. The van der Waals surface area contributed by atoms with E-state index in [0.717, 1.165) is 27.7 Å². The normalized spacial score (nSPS) is 11.8. The van der Waals surface area contributed by atoms with Gasteiger partial charge < -0.3 is 15.6 Å². The molecule has 5 rings (SSSR count). The zero-order valence-corrected chi connectivity index (χ0v) is 19.3. The van der Waals surface area contributed by atoms with E-state index in [1.807, 2.05) is 60.8 Å². The number of aromatic amines is 2. The summed E-state index contributed by atoms with van der Waals surface area (Å²) in [5.74, 6) is -0.741. The fraction of sp³-hybridized carbons (Fsp3) is 0.0741. The van der Waals surface area contributed by atoms with Gasteiger partial charge in [0.1, 0.15) is 6.04 Å². The Kier molecular flexibility index (Phi) is 6.32. The first kappa shape index (κ1) is 22.4. The second kappa shape index (κ2) is 9.87. The summed E-state index contributed by atoms with van der Waals surface area (Å²) in [5.41, 5.74) is 4.65. The number of aromatic nitrogens is 3. The van der Waals surface area contributed by atoms with Gasteiger partial charge in [0.25, 0.3) is 5.91 Å². The van der Waals surface area contributed by atoms with E-state index in [2.05, 4.69) is 25.8 Å². The van der Waals surface area contributed by atoms with Crippen LogP contribution in [-0.2, 0) is 11.2 Å². The molecule has 0 aliphatic rings. The average Bonchev–Trinajstić information content (AvgIpc) is 3.55. The monoisotopic (exact) mass is 483 g/mol. The van der Waals surface area contributed by atoms with Gasteiger partial charge in [0, 0.05) is 35.4 Å². The molecular formula is C27H22ClN5O2. The first-order valence-electron chi connectivity index (χ1n) is 11.1. The van der Waals surface area contributed by atoms with Crippen LogP contribution >= 0.6 is 11.6 Å². The van der Waals surface area contributed by atoms with E-state index in [9.17, 15) is 9.59 Å². The summed E-state index contributed by atoms with van der Waals surface area (Å²) in [4.78, 5) is 29.6. The molecule has 2 aromatic heterocycles. The van der Waals surface area contributed by atoms with Crippen LogP contribution in [0.25, 0.3) is 22.2 Å². The SMILES string of the molecule is O=C(NC(Cc1c[nH]c2ccccc12)C(=O)Nc1ccc(-c2ccn[nH]2)cc1)c1ccccc1Cl. The Morgan fingerprint density at radius 2 is 1.71 bits per heavy atom. The van der Waals surface area contributed by atoms with Crippen molar-refractivity contribution < 1.29 is 9.59 Å². The van der Waals surface area contributed by atoms with Gasteiger partial charge in [-0.25, -0.2) is 0 Å². The lowest BCUT2D eigenvalue weighted by Crippen LogP contribution is -2.45. The number of nitrogens with one attached hydrogen (secondary N) is 4. The molecular weight excluding hydrogens is 462 g/mol. The highest BCUT2D eigenvalue weighted by atomic mass is 35.5. The number of hydrogen-bond donors (Lipinski definition) is 4. The Bertz CT molecular complexity index is 1480. The Morgan fingerprint density at radius 3 is 2.49 bits per heavy atom. The van der Waals surface area contributed by atoms with Gasteiger partial charge >= 0.3 is 0 Å². The third kappa shape index (κ3) is 4.95. The van der Waals surface area contributed by atoms with E-state index in [1.54, 1.807) is 30.5 Å². The van der Waals surface area contributed by atoms with Gasteiger partial charge in [0.05, 0.1) is 16.3 Å². The summed E-state index contributed by atoms with van der Waals surface area (Å²) in [6.07, 6.45) is 3.85. The van der Waals surface area contributed by atoms with Crippen LogP contribution in [0.15, 0.2) is 91.3 Å². The number of carbonyl (C=O) groups is 2. The van der Waals surface area contributed by atoms with Crippen LogP contribution in [0.2, 0.25) is 5.02 Å². The highest BCUT2D eigenvalue weighted by molar-refractivity contribution is 6.33. The van der Waals surface area contributed by atoms with Gasteiger partial charge in [-0.15, -0.1) is 0 Å². The van der Waals surface area contributed by atoms with Crippen LogP contribution in [0.5, 0.6) is 0 Å². The summed E-state index contributed by atoms with van der Waals surface area (Å²) in [6.45, 7) is 0. The van der Waals surface area contributed by atoms with E-state index < -0.39 is 11.9 Å². The Morgan fingerprint density at radius 1 is 0.943 bits per heavy atom. The number of hydrogen-bond acceptors (Lipinski definition) is 3. The third-order valence-electron chi connectivity index (χ3n) is 5.80. The molecule has 0 aliphatic heterocycles. The van der Waals surface area contributed by atoms with Crippen LogP contribution in [-0.4, -0.2) is 33.0 Å². The number of para-hydroxylation sites is 1. The highest BCUT2D eigenvalue weighted by Crippen LogP contribution is 2.22. The topological polar surface area (TPSA) is 103 Å². The minimum atomic E-state index is -0.828. The number of carbonyl (C=O) groups excluding carboxylic acids is 2. The fourth-order valence-electron chi connectivity index (χ4n) is 3.99. The molecule has 0 saturated carbocycles. The molecule has 7 nitrogen and oxygen atoms in total. The second-order valence-corrected chi connectivity index (χ2v) is 8.51. The number of nitrogens with zero attached hydrogens (tertiary/aromatic N) is 1. The molecule has 0 bridgehead atoms. The molecule has 1 unspecified atom stereocenters. The van der Waals surface area contributed by atoms with Crippen molar-refractivity contribution in [3.05, 3.63) is 107 Å². The Hall–Kier alpha value is -4.36. The van der Waals surface area contributed by atoms with E-state index in [-0.39, 0.29) is 5.91 Å². The predicted molar refractivity (Wildman–Crippen MR) is 137 cm³/mol. The molecule has 0 saturated heterocycles. The molecule has 0 radical (unpaired) electrons. The second-order valence-electron chi connectivity index (χ2n) is 8.11. The van der Waals surface area contributed by atoms with Crippen molar-refractivity contribution in [3.8, 4) is 11.3 Å². The summed E-state index contributed by atoms with van der Waals surface area (Å²) in [5, 5.41) is 14.0. The number of amides is 2. The minimum Gasteiger partial charge on any atom is -0.361 e. The number of anilines is 1.